The maximum atomic E-state index is 5.81. The summed E-state index contributed by atoms with van der Waals surface area (Å²) in [4.78, 5) is 2.60. The van der Waals surface area contributed by atoms with Crippen LogP contribution in [0.4, 0.5) is 0 Å². The van der Waals surface area contributed by atoms with E-state index in [9.17, 15) is 0 Å². The zero-order chi connectivity index (χ0) is 9.80. The highest BCUT2D eigenvalue weighted by atomic mass is 35.5. The van der Waals surface area contributed by atoms with Gasteiger partial charge in [-0.15, -0.1) is 12.4 Å². The van der Waals surface area contributed by atoms with Gasteiger partial charge < -0.3 is 11.1 Å². The van der Waals surface area contributed by atoms with E-state index in [2.05, 4.69) is 10.2 Å². The monoisotopic (exact) mass is 233 g/mol. The summed E-state index contributed by atoms with van der Waals surface area (Å²) in [6, 6.07) is 1.40. The van der Waals surface area contributed by atoms with Crippen molar-refractivity contribution in [3.8, 4) is 0 Å². The van der Waals surface area contributed by atoms with E-state index in [0.29, 0.717) is 6.04 Å². The fraction of sp³-hybridized carbons (Fsp3) is 1.00. The van der Waals surface area contributed by atoms with Gasteiger partial charge in [0, 0.05) is 25.2 Å². The highest BCUT2D eigenvalue weighted by Gasteiger charge is 2.24. The Labute approximate surface area is 99.2 Å². The van der Waals surface area contributed by atoms with E-state index in [-0.39, 0.29) is 12.4 Å². The minimum absolute atomic E-state index is 0. The molecule has 0 spiro atoms. The van der Waals surface area contributed by atoms with Crippen molar-refractivity contribution in [3.63, 3.8) is 0 Å². The number of rotatable bonds is 3. The summed E-state index contributed by atoms with van der Waals surface area (Å²) in [5.74, 6) is 0. The summed E-state index contributed by atoms with van der Waals surface area (Å²) in [5, 5.41) is 3.57. The second kappa shape index (κ2) is 6.69. The zero-order valence-electron chi connectivity index (χ0n) is 9.45. The first-order valence-corrected chi connectivity index (χ1v) is 6.07. The molecule has 2 atom stereocenters. The molecule has 0 aliphatic carbocycles. The molecular formula is C11H24ClN3. The minimum Gasteiger partial charge on any atom is -0.329 e. The molecule has 3 N–H and O–H groups in total. The summed E-state index contributed by atoms with van der Waals surface area (Å²) in [6.07, 6.45) is 6.75. The number of likely N-dealkylation sites (tertiary alicyclic amines) is 1. The third-order valence-corrected chi connectivity index (χ3v) is 3.64. The lowest BCUT2D eigenvalue weighted by Crippen LogP contribution is -2.48. The molecule has 2 rings (SSSR count). The van der Waals surface area contributed by atoms with Crippen LogP contribution in [0.1, 0.15) is 32.1 Å². The molecule has 0 amide bonds. The van der Waals surface area contributed by atoms with Crippen LogP contribution in [0, 0.1) is 0 Å². The van der Waals surface area contributed by atoms with Gasteiger partial charge in [-0.25, -0.2) is 0 Å². The number of nitrogens with zero attached hydrogens (tertiary/aromatic N) is 1. The molecule has 0 radical (unpaired) electrons. The first-order valence-electron chi connectivity index (χ1n) is 6.07. The Balaban J connectivity index is 0.00000112. The van der Waals surface area contributed by atoms with Gasteiger partial charge in [0.2, 0.25) is 0 Å². The molecule has 1 unspecified atom stereocenters. The molecular weight excluding hydrogens is 210 g/mol. The smallest absolute Gasteiger partial charge is 0.0219 e. The van der Waals surface area contributed by atoms with Crippen LogP contribution < -0.4 is 11.1 Å². The predicted molar refractivity (Wildman–Crippen MR) is 66.5 cm³/mol. The Morgan fingerprint density at radius 3 is 2.73 bits per heavy atom. The summed E-state index contributed by atoms with van der Waals surface area (Å²) in [7, 11) is 0. The molecule has 15 heavy (non-hydrogen) atoms. The van der Waals surface area contributed by atoms with Gasteiger partial charge in [0.05, 0.1) is 0 Å². The van der Waals surface area contributed by atoms with Crippen molar-refractivity contribution in [3.05, 3.63) is 0 Å². The third kappa shape index (κ3) is 3.59. The molecule has 3 nitrogen and oxygen atoms in total. The summed E-state index contributed by atoms with van der Waals surface area (Å²) < 4.78 is 0. The van der Waals surface area contributed by atoms with Gasteiger partial charge in [-0.3, -0.25) is 4.90 Å². The fourth-order valence-corrected chi connectivity index (χ4v) is 2.76. The Kier molecular flexibility index (Phi) is 5.90. The molecule has 2 aliphatic rings. The van der Waals surface area contributed by atoms with Crippen LogP contribution in [0.5, 0.6) is 0 Å². The van der Waals surface area contributed by atoms with Crippen LogP contribution >= 0.6 is 12.4 Å². The maximum Gasteiger partial charge on any atom is 0.0219 e. The first-order chi connectivity index (χ1) is 6.90. The van der Waals surface area contributed by atoms with Crippen LogP contribution in [0.2, 0.25) is 0 Å². The van der Waals surface area contributed by atoms with E-state index < -0.39 is 0 Å². The van der Waals surface area contributed by atoms with Crippen molar-refractivity contribution in [2.24, 2.45) is 5.73 Å². The second-order valence-corrected chi connectivity index (χ2v) is 4.67. The standard InChI is InChI=1S/C11H23N3.ClH/c12-8-11-5-1-2-7-14(11)9-10-4-3-6-13-10;/h10-11,13H,1-9,12H2;1H/t10-,11?;/m0./s1. The molecule has 0 saturated carbocycles. The molecule has 90 valence electrons. The van der Waals surface area contributed by atoms with Crippen molar-refractivity contribution in [2.75, 3.05) is 26.2 Å². The first kappa shape index (κ1) is 13.2. The second-order valence-electron chi connectivity index (χ2n) is 4.67. The van der Waals surface area contributed by atoms with E-state index in [4.69, 9.17) is 5.73 Å². The fourth-order valence-electron chi connectivity index (χ4n) is 2.76. The Hall–Kier alpha value is 0.170. The predicted octanol–water partition coefficient (Wildman–Crippen LogP) is 0.973. The lowest BCUT2D eigenvalue weighted by atomic mass is 10.0. The van der Waals surface area contributed by atoms with Gasteiger partial charge in [-0.05, 0) is 38.8 Å². The number of hydrogen-bond donors (Lipinski definition) is 2. The largest absolute Gasteiger partial charge is 0.329 e. The normalized spacial score (nSPS) is 32.6. The van der Waals surface area contributed by atoms with E-state index in [1.807, 2.05) is 0 Å². The molecule has 2 heterocycles. The molecule has 2 fully saturated rings. The van der Waals surface area contributed by atoms with E-state index >= 15 is 0 Å². The topological polar surface area (TPSA) is 41.3 Å². The highest BCUT2D eigenvalue weighted by molar-refractivity contribution is 5.85. The molecule has 0 bridgehead atoms. The number of piperidine rings is 1. The maximum absolute atomic E-state index is 5.81. The van der Waals surface area contributed by atoms with Crippen molar-refractivity contribution >= 4 is 12.4 Å². The Morgan fingerprint density at radius 1 is 1.20 bits per heavy atom. The van der Waals surface area contributed by atoms with Gasteiger partial charge in [-0.2, -0.15) is 0 Å². The van der Waals surface area contributed by atoms with Crippen LogP contribution in [-0.2, 0) is 0 Å². The number of nitrogens with two attached hydrogens (primary N) is 1. The molecule has 2 saturated heterocycles. The zero-order valence-corrected chi connectivity index (χ0v) is 10.3. The van der Waals surface area contributed by atoms with Crippen LogP contribution in [0.25, 0.3) is 0 Å². The molecule has 0 aromatic heterocycles. The van der Waals surface area contributed by atoms with E-state index in [0.717, 1.165) is 12.6 Å². The van der Waals surface area contributed by atoms with Crippen LogP contribution in [0.15, 0.2) is 0 Å². The number of hydrogen-bond acceptors (Lipinski definition) is 3. The van der Waals surface area contributed by atoms with Crippen molar-refractivity contribution < 1.29 is 0 Å². The van der Waals surface area contributed by atoms with Crippen molar-refractivity contribution in [1.82, 2.24) is 10.2 Å². The lowest BCUT2D eigenvalue weighted by Gasteiger charge is -2.36. The third-order valence-electron chi connectivity index (χ3n) is 3.64. The summed E-state index contributed by atoms with van der Waals surface area (Å²) in [6.45, 7) is 4.54. The van der Waals surface area contributed by atoms with Gasteiger partial charge in [0.25, 0.3) is 0 Å². The number of halogens is 1. The molecule has 2 aliphatic heterocycles. The van der Waals surface area contributed by atoms with E-state index in [1.54, 1.807) is 0 Å². The van der Waals surface area contributed by atoms with Crippen LogP contribution in [0.3, 0.4) is 0 Å². The van der Waals surface area contributed by atoms with Gasteiger partial charge in [-0.1, -0.05) is 6.42 Å². The van der Waals surface area contributed by atoms with Crippen LogP contribution in [-0.4, -0.2) is 43.2 Å². The average molecular weight is 234 g/mol. The molecule has 0 aromatic rings. The Bertz CT molecular complexity index is 171. The highest BCUT2D eigenvalue weighted by Crippen LogP contribution is 2.18. The van der Waals surface area contributed by atoms with Gasteiger partial charge in [0.15, 0.2) is 0 Å². The SMILES string of the molecule is Cl.NCC1CCCCN1C[C@@H]1CCCN1. The number of nitrogens with one attached hydrogen (secondary N) is 1. The lowest BCUT2D eigenvalue weighted by molar-refractivity contribution is 0.140. The Morgan fingerprint density at radius 2 is 2.07 bits per heavy atom. The average Bonchev–Trinajstić information content (AvgIpc) is 2.71. The minimum atomic E-state index is 0. The molecule has 0 aromatic carbocycles. The molecule has 4 heteroatoms. The van der Waals surface area contributed by atoms with Gasteiger partial charge >= 0.3 is 0 Å². The summed E-state index contributed by atoms with van der Waals surface area (Å²) in [5.41, 5.74) is 5.81. The van der Waals surface area contributed by atoms with E-state index in [1.165, 1.54) is 51.7 Å². The summed E-state index contributed by atoms with van der Waals surface area (Å²) >= 11 is 0. The van der Waals surface area contributed by atoms with Crippen molar-refractivity contribution in [1.29, 1.82) is 0 Å². The van der Waals surface area contributed by atoms with Crippen molar-refractivity contribution in [2.45, 2.75) is 44.2 Å². The quantitative estimate of drug-likeness (QED) is 0.764. The van der Waals surface area contributed by atoms with Gasteiger partial charge in [0.1, 0.15) is 0 Å².